The molecule has 0 spiro atoms. The van der Waals surface area contributed by atoms with Gasteiger partial charge in [0.15, 0.2) is 0 Å². The highest BCUT2D eigenvalue weighted by Gasteiger charge is 2.52. The van der Waals surface area contributed by atoms with Crippen LogP contribution in [0.2, 0.25) is 0 Å². The number of nitrogens with zero attached hydrogens (tertiary/aromatic N) is 1. The lowest BCUT2D eigenvalue weighted by atomic mass is 9.78. The van der Waals surface area contributed by atoms with Crippen LogP contribution in [0.5, 0.6) is 5.75 Å². The first-order valence-corrected chi connectivity index (χ1v) is 7.21. The fourth-order valence-electron chi connectivity index (χ4n) is 1.88. The molecule has 1 aliphatic heterocycles. The van der Waals surface area contributed by atoms with Gasteiger partial charge in [0.05, 0.1) is 11.2 Å². The first-order chi connectivity index (χ1) is 9.27. The molecule has 0 amide bonds. The maximum atomic E-state index is 9.79. The lowest BCUT2D eigenvalue weighted by Gasteiger charge is -2.32. The predicted molar refractivity (Wildman–Crippen MR) is 83.8 cm³/mol. The van der Waals surface area contributed by atoms with Crippen molar-refractivity contribution >= 4 is 25.8 Å². The topological polar surface area (TPSA) is 51.6 Å². The standard InChI is InChI=1S/C14H20BNO3S/c1-13(2)14(3,4)19-15(18-13)10(9-20)8-11-12(17)6-5-7-16-11/h5-8,17,20H,9H2,1-4H3. The van der Waals surface area contributed by atoms with E-state index in [0.29, 0.717) is 11.4 Å². The second-order valence-electron chi connectivity index (χ2n) is 5.87. The molecule has 1 N–H and O–H groups in total. The SMILES string of the molecule is CC1(C)OB(C(=Cc2ncccc2O)CS)OC1(C)C. The van der Waals surface area contributed by atoms with Gasteiger partial charge in [-0.2, -0.15) is 12.6 Å². The summed E-state index contributed by atoms with van der Waals surface area (Å²) in [5.41, 5.74) is 0.532. The van der Waals surface area contributed by atoms with Crippen LogP contribution in [-0.2, 0) is 9.31 Å². The van der Waals surface area contributed by atoms with Crippen molar-refractivity contribution in [2.75, 3.05) is 5.75 Å². The number of thiol groups is 1. The minimum atomic E-state index is -0.473. The van der Waals surface area contributed by atoms with Crippen molar-refractivity contribution in [2.45, 2.75) is 38.9 Å². The van der Waals surface area contributed by atoms with Crippen molar-refractivity contribution in [3.63, 3.8) is 0 Å². The first kappa shape index (κ1) is 15.4. The van der Waals surface area contributed by atoms with Gasteiger partial charge in [-0.3, -0.25) is 4.98 Å². The van der Waals surface area contributed by atoms with Gasteiger partial charge in [-0.1, -0.05) is 0 Å². The third-order valence-corrected chi connectivity index (χ3v) is 4.24. The normalized spacial score (nSPS) is 21.2. The van der Waals surface area contributed by atoms with Gasteiger partial charge in [-0.05, 0) is 51.4 Å². The van der Waals surface area contributed by atoms with Gasteiger partial charge in [-0.25, -0.2) is 0 Å². The first-order valence-electron chi connectivity index (χ1n) is 6.58. The molecule has 0 saturated carbocycles. The maximum absolute atomic E-state index is 9.79. The third-order valence-electron chi connectivity index (χ3n) is 3.88. The zero-order valence-electron chi connectivity index (χ0n) is 12.3. The molecule has 1 aromatic heterocycles. The number of aromatic nitrogens is 1. The highest BCUT2D eigenvalue weighted by atomic mass is 32.1. The summed E-state index contributed by atoms with van der Waals surface area (Å²) in [5.74, 6) is 0.593. The lowest BCUT2D eigenvalue weighted by Crippen LogP contribution is -2.41. The number of hydrogen-bond donors (Lipinski definition) is 2. The molecule has 0 unspecified atom stereocenters. The van der Waals surface area contributed by atoms with Crippen molar-refractivity contribution < 1.29 is 14.4 Å². The molecule has 0 aromatic carbocycles. The van der Waals surface area contributed by atoms with E-state index in [0.717, 1.165) is 5.47 Å². The number of pyridine rings is 1. The van der Waals surface area contributed by atoms with Crippen molar-refractivity contribution in [3.8, 4) is 5.75 Å². The summed E-state index contributed by atoms with van der Waals surface area (Å²) < 4.78 is 12.0. The summed E-state index contributed by atoms with van der Waals surface area (Å²) in [6.07, 6.45) is 3.40. The van der Waals surface area contributed by atoms with Crippen LogP contribution >= 0.6 is 12.6 Å². The van der Waals surface area contributed by atoms with E-state index in [1.165, 1.54) is 0 Å². The van der Waals surface area contributed by atoms with Crippen LogP contribution in [-0.4, -0.2) is 34.2 Å². The van der Waals surface area contributed by atoms with E-state index in [9.17, 15) is 5.11 Å². The molecule has 6 heteroatoms. The molecule has 108 valence electrons. The maximum Gasteiger partial charge on any atom is 0.491 e. The van der Waals surface area contributed by atoms with Gasteiger partial charge in [0.25, 0.3) is 0 Å². The van der Waals surface area contributed by atoms with Crippen LogP contribution in [0.4, 0.5) is 0 Å². The van der Waals surface area contributed by atoms with E-state index in [2.05, 4.69) is 17.6 Å². The Balaban J connectivity index is 2.29. The van der Waals surface area contributed by atoms with E-state index in [1.807, 2.05) is 27.7 Å². The summed E-state index contributed by atoms with van der Waals surface area (Å²) >= 11 is 4.33. The molecule has 0 radical (unpaired) electrons. The largest absolute Gasteiger partial charge is 0.506 e. The van der Waals surface area contributed by atoms with E-state index in [4.69, 9.17) is 9.31 Å². The molecular weight excluding hydrogens is 273 g/mol. The monoisotopic (exact) mass is 293 g/mol. The molecular formula is C14H20BNO3S. The Kier molecular flexibility index (Phi) is 4.18. The fraction of sp³-hybridized carbons (Fsp3) is 0.500. The summed E-state index contributed by atoms with van der Waals surface area (Å²) in [6.45, 7) is 8.01. The smallest absolute Gasteiger partial charge is 0.491 e. The van der Waals surface area contributed by atoms with Gasteiger partial charge in [0, 0.05) is 11.9 Å². The summed E-state index contributed by atoms with van der Waals surface area (Å²) in [5, 5.41) is 9.79. The van der Waals surface area contributed by atoms with Gasteiger partial charge < -0.3 is 14.4 Å². The zero-order chi connectivity index (χ0) is 15.0. The average Bonchev–Trinajstić information content (AvgIpc) is 2.57. The molecule has 20 heavy (non-hydrogen) atoms. The van der Waals surface area contributed by atoms with Crippen LogP contribution in [0.3, 0.4) is 0 Å². The molecule has 4 nitrogen and oxygen atoms in total. The van der Waals surface area contributed by atoms with Crippen LogP contribution in [0, 0.1) is 0 Å². The van der Waals surface area contributed by atoms with Crippen LogP contribution < -0.4 is 0 Å². The Bertz CT molecular complexity index is 515. The van der Waals surface area contributed by atoms with Gasteiger partial charge >= 0.3 is 7.12 Å². The molecule has 2 heterocycles. The highest BCUT2D eigenvalue weighted by molar-refractivity contribution is 7.80. The summed E-state index contributed by atoms with van der Waals surface area (Å²) in [6, 6.07) is 3.28. The molecule has 0 aliphatic carbocycles. The Hall–Kier alpha value is -0.975. The average molecular weight is 293 g/mol. The minimum Gasteiger partial charge on any atom is -0.506 e. The third kappa shape index (κ3) is 2.87. The summed E-state index contributed by atoms with van der Waals surface area (Å²) in [4.78, 5) is 4.14. The summed E-state index contributed by atoms with van der Waals surface area (Å²) in [7, 11) is -0.473. The van der Waals surface area contributed by atoms with Gasteiger partial charge in [0.1, 0.15) is 11.4 Å². The van der Waals surface area contributed by atoms with Crippen molar-refractivity contribution in [2.24, 2.45) is 0 Å². The van der Waals surface area contributed by atoms with E-state index in [1.54, 1.807) is 24.4 Å². The molecule has 1 aromatic rings. The minimum absolute atomic E-state index is 0.128. The second-order valence-corrected chi connectivity index (χ2v) is 6.19. The Labute approximate surface area is 125 Å². The van der Waals surface area contributed by atoms with Gasteiger partial charge in [-0.15, -0.1) is 0 Å². The highest BCUT2D eigenvalue weighted by Crippen LogP contribution is 2.39. The second kappa shape index (κ2) is 5.43. The number of hydrogen-bond acceptors (Lipinski definition) is 5. The van der Waals surface area contributed by atoms with E-state index < -0.39 is 18.3 Å². The van der Waals surface area contributed by atoms with Gasteiger partial charge in [0.2, 0.25) is 0 Å². The van der Waals surface area contributed by atoms with Crippen molar-refractivity contribution in [1.29, 1.82) is 0 Å². The lowest BCUT2D eigenvalue weighted by molar-refractivity contribution is 0.00578. The van der Waals surface area contributed by atoms with Crippen LogP contribution in [0.1, 0.15) is 33.4 Å². The molecule has 2 rings (SSSR count). The molecule has 0 bridgehead atoms. The van der Waals surface area contributed by atoms with Crippen molar-refractivity contribution in [3.05, 3.63) is 29.5 Å². The predicted octanol–water partition coefficient (Wildman–Crippen LogP) is 2.73. The van der Waals surface area contributed by atoms with Crippen LogP contribution in [0.15, 0.2) is 23.8 Å². The molecule has 1 aliphatic rings. The number of aromatic hydroxyl groups is 1. The Morgan fingerprint density at radius 1 is 1.35 bits per heavy atom. The number of rotatable bonds is 3. The molecule has 1 saturated heterocycles. The zero-order valence-corrected chi connectivity index (χ0v) is 13.1. The Morgan fingerprint density at radius 3 is 2.45 bits per heavy atom. The molecule has 1 fully saturated rings. The van der Waals surface area contributed by atoms with E-state index in [-0.39, 0.29) is 5.75 Å². The molecule has 0 atom stereocenters. The van der Waals surface area contributed by atoms with Crippen LogP contribution in [0.25, 0.3) is 6.08 Å². The Morgan fingerprint density at radius 2 is 1.95 bits per heavy atom. The quantitative estimate of drug-likeness (QED) is 0.664. The van der Waals surface area contributed by atoms with Crippen molar-refractivity contribution in [1.82, 2.24) is 4.98 Å². The fourth-order valence-corrected chi connectivity index (χ4v) is 2.12. The van der Waals surface area contributed by atoms with E-state index >= 15 is 0 Å².